The Morgan fingerprint density at radius 1 is 0.763 bits per heavy atom. The molecule has 226 valence electrons. The second-order valence-electron chi connectivity index (χ2n) is 11.3. The van der Waals surface area contributed by atoms with E-state index in [-0.39, 0.29) is 6.42 Å². The second-order valence-corrected chi connectivity index (χ2v) is 11.3. The standard InChI is InChI=1S/C30H59NO7/c1-3-5-7-9-10-11-12-13-14-15-16-17-18-20-23(33)28(31)30(37,21-19-8-6-4-2)29-27(36)26(35)25(34)24(22-32)38-29/h18,20,23-29,32-37H,3-17,19,21-22,31H2,1-2H3/b20-18+/t23-,24-,25-,26+,27-,28-,29?,30?/m1/s1. The summed E-state index contributed by atoms with van der Waals surface area (Å²) in [6, 6.07) is -1.20. The van der Waals surface area contributed by atoms with E-state index in [4.69, 9.17) is 10.5 Å². The van der Waals surface area contributed by atoms with E-state index in [9.17, 15) is 30.6 Å². The summed E-state index contributed by atoms with van der Waals surface area (Å²) in [5.41, 5.74) is 4.50. The molecule has 1 saturated heterocycles. The Bertz CT molecular complexity index is 605. The minimum Gasteiger partial charge on any atom is -0.394 e. The Kier molecular flexibility index (Phi) is 19.0. The Hall–Kier alpha value is -0.580. The van der Waals surface area contributed by atoms with Gasteiger partial charge in [-0.25, -0.2) is 0 Å². The minimum atomic E-state index is -1.87. The molecule has 8 N–H and O–H groups in total. The molecule has 0 aromatic heterocycles. The minimum absolute atomic E-state index is 0.139. The first kappa shape index (κ1) is 35.4. The van der Waals surface area contributed by atoms with Crippen molar-refractivity contribution in [1.29, 1.82) is 0 Å². The van der Waals surface area contributed by atoms with E-state index in [1.54, 1.807) is 6.08 Å². The second kappa shape index (κ2) is 20.3. The maximum absolute atomic E-state index is 11.7. The van der Waals surface area contributed by atoms with Crippen LogP contribution in [0.5, 0.6) is 0 Å². The van der Waals surface area contributed by atoms with E-state index in [0.29, 0.717) is 6.42 Å². The Morgan fingerprint density at radius 3 is 1.79 bits per heavy atom. The molecule has 8 nitrogen and oxygen atoms in total. The average molecular weight is 546 g/mol. The number of aliphatic hydroxyl groups is 6. The van der Waals surface area contributed by atoms with E-state index in [2.05, 4.69) is 13.8 Å². The molecule has 0 aliphatic carbocycles. The molecule has 0 spiro atoms. The van der Waals surface area contributed by atoms with Gasteiger partial charge in [-0.05, 0) is 19.3 Å². The van der Waals surface area contributed by atoms with E-state index in [1.807, 2.05) is 6.08 Å². The summed E-state index contributed by atoms with van der Waals surface area (Å²) in [7, 11) is 0. The zero-order valence-corrected chi connectivity index (χ0v) is 24.1. The van der Waals surface area contributed by atoms with Crippen LogP contribution in [0.25, 0.3) is 0 Å². The zero-order chi connectivity index (χ0) is 28.4. The topological polar surface area (TPSA) is 157 Å². The highest BCUT2D eigenvalue weighted by atomic mass is 16.6. The molecular formula is C30H59NO7. The number of allylic oxidation sites excluding steroid dienone is 1. The third-order valence-corrected chi connectivity index (χ3v) is 8.07. The van der Waals surface area contributed by atoms with Crippen LogP contribution < -0.4 is 5.73 Å². The molecule has 1 aliphatic rings. The fourth-order valence-corrected chi connectivity index (χ4v) is 5.43. The number of ether oxygens (including phenoxy) is 1. The summed E-state index contributed by atoms with van der Waals surface area (Å²) in [5.74, 6) is 0. The highest BCUT2D eigenvalue weighted by Gasteiger charge is 2.55. The Labute approximate surface area is 231 Å². The van der Waals surface area contributed by atoms with Gasteiger partial charge in [-0.2, -0.15) is 0 Å². The molecule has 8 heteroatoms. The molecule has 1 rings (SSSR count). The predicted octanol–water partition coefficient (Wildman–Crippen LogP) is 3.48. The fourth-order valence-electron chi connectivity index (χ4n) is 5.43. The van der Waals surface area contributed by atoms with Crippen LogP contribution in [0.4, 0.5) is 0 Å². The number of aliphatic hydroxyl groups excluding tert-OH is 5. The van der Waals surface area contributed by atoms with Crippen LogP contribution in [0, 0.1) is 0 Å². The summed E-state index contributed by atoms with van der Waals surface area (Å²) in [5, 5.41) is 63.2. The van der Waals surface area contributed by atoms with Gasteiger partial charge >= 0.3 is 0 Å². The van der Waals surface area contributed by atoms with Gasteiger partial charge in [0.05, 0.1) is 18.8 Å². The van der Waals surface area contributed by atoms with Gasteiger partial charge in [0.1, 0.15) is 36.1 Å². The lowest BCUT2D eigenvalue weighted by Crippen LogP contribution is -2.70. The van der Waals surface area contributed by atoms with Crippen LogP contribution in [-0.4, -0.2) is 85.5 Å². The molecule has 1 fully saturated rings. The van der Waals surface area contributed by atoms with E-state index in [1.165, 1.54) is 57.8 Å². The highest BCUT2D eigenvalue weighted by Crippen LogP contribution is 2.35. The zero-order valence-electron chi connectivity index (χ0n) is 24.1. The monoisotopic (exact) mass is 545 g/mol. The molecule has 2 unspecified atom stereocenters. The summed E-state index contributed by atoms with van der Waals surface area (Å²) in [6.07, 6.45) is 13.2. The maximum atomic E-state index is 11.7. The van der Waals surface area contributed by atoms with Gasteiger partial charge in [-0.3, -0.25) is 0 Å². The van der Waals surface area contributed by atoms with Crippen LogP contribution in [0.2, 0.25) is 0 Å². The van der Waals surface area contributed by atoms with Crippen molar-refractivity contribution in [3.63, 3.8) is 0 Å². The highest BCUT2D eigenvalue weighted by molar-refractivity contribution is 5.10. The van der Waals surface area contributed by atoms with Crippen molar-refractivity contribution in [2.45, 2.75) is 171 Å². The summed E-state index contributed by atoms with van der Waals surface area (Å²) >= 11 is 0. The van der Waals surface area contributed by atoms with Gasteiger partial charge in [0.15, 0.2) is 0 Å². The molecular weight excluding hydrogens is 486 g/mol. The third-order valence-electron chi connectivity index (χ3n) is 8.07. The van der Waals surface area contributed by atoms with E-state index >= 15 is 0 Å². The number of hydrogen-bond acceptors (Lipinski definition) is 8. The van der Waals surface area contributed by atoms with Crippen molar-refractivity contribution in [1.82, 2.24) is 0 Å². The SMILES string of the molecule is CCCCCCCCCCCCC/C=C/[C@@H](O)[C@@H](N)C(O)(CCCCCC)C1O[C@H](CO)[C@@H](O)[C@H](O)[C@H]1O. The van der Waals surface area contributed by atoms with Crippen LogP contribution in [0.1, 0.15) is 123 Å². The molecule has 0 saturated carbocycles. The van der Waals surface area contributed by atoms with E-state index < -0.39 is 54.9 Å². The summed E-state index contributed by atoms with van der Waals surface area (Å²) < 4.78 is 5.67. The molecule has 8 atom stereocenters. The Morgan fingerprint density at radius 2 is 1.26 bits per heavy atom. The fraction of sp³-hybridized carbons (Fsp3) is 0.933. The Balaban J connectivity index is 2.59. The molecule has 0 radical (unpaired) electrons. The maximum Gasteiger partial charge on any atom is 0.117 e. The summed E-state index contributed by atoms with van der Waals surface area (Å²) in [4.78, 5) is 0. The van der Waals surface area contributed by atoms with Gasteiger partial charge in [-0.1, -0.05) is 116 Å². The molecule has 38 heavy (non-hydrogen) atoms. The molecule has 1 heterocycles. The van der Waals surface area contributed by atoms with Crippen molar-refractivity contribution in [3.8, 4) is 0 Å². The van der Waals surface area contributed by atoms with Crippen molar-refractivity contribution in [3.05, 3.63) is 12.2 Å². The third kappa shape index (κ3) is 11.9. The van der Waals surface area contributed by atoms with Crippen LogP contribution in [0.15, 0.2) is 12.2 Å². The van der Waals surface area contributed by atoms with Gasteiger partial charge < -0.3 is 41.1 Å². The lowest BCUT2D eigenvalue weighted by molar-refractivity contribution is -0.277. The van der Waals surface area contributed by atoms with Crippen molar-refractivity contribution in [2.75, 3.05) is 6.61 Å². The number of rotatable bonds is 22. The lowest BCUT2D eigenvalue weighted by atomic mass is 9.75. The molecule has 0 bridgehead atoms. The van der Waals surface area contributed by atoms with Crippen molar-refractivity contribution >= 4 is 0 Å². The van der Waals surface area contributed by atoms with Gasteiger partial charge in [0.2, 0.25) is 0 Å². The number of hydrogen-bond donors (Lipinski definition) is 7. The van der Waals surface area contributed by atoms with Gasteiger partial charge in [0.25, 0.3) is 0 Å². The van der Waals surface area contributed by atoms with Crippen molar-refractivity contribution < 1.29 is 35.4 Å². The van der Waals surface area contributed by atoms with E-state index in [0.717, 1.165) is 38.5 Å². The first-order valence-electron chi connectivity index (χ1n) is 15.4. The predicted molar refractivity (Wildman–Crippen MR) is 152 cm³/mol. The molecule has 0 aromatic rings. The summed E-state index contributed by atoms with van der Waals surface area (Å²) in [6.45, 7) is 3.72. The van der Waals surface area contributed by atoms with Crippen molar-refractivity contribution in [2.24, 2.45) is 5.73 Å². The van der Waals surface area contributed by atoms with Crippen LogP contribution in [0.3, 0.4) is 0 Å². The first-order chi connectivity index (χ1) is 18.2. The lowest BCUT2D eigenvalue weighted by Gasteiger charge is -2.49. The largest absolute Gasteiger partial charge is 0.394 e. The average Bonchev–Trinajstić information content (AvgIpc) is 2.91. The molecule has 0 aromatic carbocycles. The smallest absolute Gasteiger partial charge is 0.117 e. The van der Waals surface area contributed by atoms with Gasteiger partial charge in [-0.15, -0.1) is 0 Å². The number of nitrogens with two attached hydrogens (primary N) is 1. The quantitative estimate of drug-likeness (QED) is 0.0805. The number of unbranched alkanes of at least 4 members (excludes halogenated alkanes) is 14. The normalized spacial score (nSPS) is 27.4. The molecule has 0 amide bonds. The molecule has 1 aliphatic heterocycles. The van der Waals surface area contributed by atoms with Gasteiger partial charge in [0, 0.05) is 0 Å². The first-order valence-corrected chi connectivity index (χ1v) is 15.4. The van der Waals surface area contributed by atoms with Crippen LogP contribution in [-0.2, 0) is 4.74 Å². The van der Waals surface area contributed by atoms with Crippen LogP contribution >= 0.6 is 0 Å².